The van der Waals surface area contributed by atoms with Crippen molar-refractivity contribution in [1.82, 2.24) is 10.6 Å². The number of benzene rings is 3. The van der Waals surface area contributed by atoms with Crippen LogP contribution in [0.1, 0.15) is 28.4 Å². The Morgan fingerprint density at radius 2 is 1.91 bits per heavy atom. The SMILES string of the molecule is CCNC(=O)c1cccc(F)c1-c1c(Cl)c(F)cc2c1CC1(c3ccccc3)CNCCN21. The van der Waals surface area contributed by atoms with Gasteiger partial charge in [-0.25, -0.2) is 8.78 Å². The minimum Gasteiger partial charge on any atom is -0.359 e. The van der Waals surface area contributed by atoms with E-state index < -0.39 is 23.1 Å². The zero-order valence-electron chi connectivity index (χ0n) is 18.2. The second-order valence-electron chi connectivity index (χ2n) is 8.47. The van der Waals surface area contributed by atoms with Crippen molar-refractivity contribution in [2.75, 3.05) is 31.1 Å². The van der Waals surface area contributed by atoms with Crippen LogP contribution >= 0.6 is 11.6 Å². The number of amides is 1. The molecule has 0 aromatic heterocycles. The molecule has 3 aromatic rings. The molecule has 1 amide bonds. The van der Waals surface area contributed by atoms with Gasteiger partial charge < -0.3 is 15.5 Å². The van der Waals surface area contributed by atoms with E-state index in [4.69, 9.17) is 11.6 Å². The third kappa shape index (κ3) is 3.40. The van der Waals surface area contributed by atoms with Crippen LogP contribution in [-0.2, 0) is 12.0 Å². The Bertz CT molecular complexity index is 1230. The highest BCUT2D eigenvalue weighted by atomic mass is 35.5. The second-order valence-corrected chi connectivity index (χ2v) is 8.85. The van der Waals surface area contributed by atoms with Crippen LogP contribution in [0.4, 0.5) is 14.5 Å². The van der Waals surface area contributed by atoms with Gasteiger partial charge in [0.25, 0.3) is 5.91 Å². The first-order valence-electron chi connectivity index (χ1n) is 11.1. The number of hydrogen-bond donors (Lipinski definition) is 2. The molecule has 2 N–H and O–H groups in total. The van der Waals surface area contributed by atoms with E-state index >= 15 is 8.78 Å². The highest BCUT2D eigenvalue weighted by Crippen LogP contribution is 2.52. The molecular weight excluding hydrogens is 444 g/mol. The molecule has 1 unspecified atom stereocenters. The van der Waals surface area contributed by atoms with E-state index in [1.165, 1.54) is 18.2 Å². The van der Waals surface area contributed by atoms with E-state index in [0.717, 1.165) is 17.7 Å². The normalized spacial score (nSPS) is 19.2. The lowest BCUT2D eigenvalue weighted by atomic mass is 9.83. The molecule has 0 saturated carbocycles. The smallest absolute Gasteiger partial charge is 0.252 e. The molecule has 4 nitrogen and oxygen atoms in total. The zero-order valence-corrected chi connectivity index (χ0v) is 19.0. The van der Waals surface area contributed by atoms with Crippen molar-refractivity contribution in [3.8, 4) is 11.1 Å². The summed E-state index contributed by atoms with van der Waals surface area (Å²) in [6, 6.07) is 15.8. The molecule has 33 heavy (non-hydrogen) atoms. The molecule has 1 atom stereocenters. The number of halogens is 3. The standard InChI is InChI=1S/C26H24ClF2N3O/c1-2-31-25(33)17-9-6-10-19(28)22(17)23-18-14-26(16-7-4-3-5-8-16)15-30-11-12-32(26)21(18)13-20(29)24(23)27/h3-10,13,30H,2,11-12,14-15H2,1H3,(H,31,33). The maximum absolute atomic E-state index is 15.3. The van der Waals surface area contributed by atoms with Crippen molar-refractivity contribution in [2.24, 2.45) is 0 Å². The van der Waals surface area contributed by atoms with Gasteiger partial charge in [0.1, 0.15) is 11.6 Å². The fraction of sp³-hybridized carbons (Fsp3) is 0.269. The highest BCUT2D eigenvalue weighted by molar-refractivity contribution is 6.34. The van der Waals surface area contributed by atoms with Gasteiger partial charge in [-0.15, -0.1) is 0 Å². The summed E-state index contributed by atoms with van der Waals surface area (Å²) in [4.78, 5) is 15.0. The van der Waals surface area contributed by atoms with E-state index in [1.807, 2.05) is 18.2 Å². The number of rotatable bonds is 4. The van der Waals surface area contributed by atoms with Crippen LogP contribution in [0.3, 0.4) is 0 Å². The van der Waals surface area contributed by atoms with Crippen LogP contribution in [0.5, 0.6) is 0 Å². The number of piperazine rings is 1. The summed E-state index contributed by atoms with van der Waals surface area (Å²) >= 11 is 6.52. The summed E-state index contributed by atoms with van der Waals surface area (Å²) in [6.45, 7) is 4.25. The molecule has 3 aromatic carbocycles. The van der Waals surface area contributed by atoms with Crippen molar-refractivity contribution in [3.05, 3.63) is 87.9 Å². The summed E-state index contributed by atoms with van der Waals surface area (Å²) < 4.78 is 30.5. The molecule has 2 heterocycles. The fourth-order valence-electron chi connectivity index (χ4n) is 5.26. The number of nitrogens with one attached hydrogen (secondary N) is 2. The number of nitrogens with zero attached hydrogens (tertiary/aromatic N) is 1. The lowest BCUT2D eigenvalue weighted by Gasteiger charge is -2.45. The number of carbonyl (C=O) groups excluding carboxylic acids is 1. The molecule has 1 fully saturated rings. The molecule has 0 spiro atoms. The third-order valence-corrected chi connectivity index (χ3v) is 7.04. The molecule has 0 bridgehead atoms. The molecule has 2 aliphatic heterocycles. The molecule has 1 saturated heterocycles. The summed E-state index contributed by atoms with van der Waals surface area (Å²) in [5, 5.41) is 6.03. The first-order valence-corrected chi connectivity index (χ1v) is 11.5. The third-order valence-electron chi connectivity index (χ3n) is 6.67. The molecule has 5 rings (SSSR count). The molecule has 170 valence electrons. The van der Waals surface area contributed by atoms with Crippen LogP contribution in [-0.4, -0.2) is 32.1 Å². The monoisotopic (exact) mass is 467 g/mol. The second kappa shape index (κ2) is 8.43. The highest BCUT2D eigenvalue weighted by Gasteiger charge is 2.48. The molecular formula is C26H24ClF2N3O. The number of carbonyl (C=O) groups is 1. The van der Waals surface area contributed by atoms with Crippen molar-refractivity contribution >= 4 is 23.2 Å². The minimum absolute atomic E-state index is 0.0419. The van der Waals surface area contributed by atoms with Crippen LogP contribution in [0.15, 0.2) is 54.6 Å². The predicted molar refractivity (Wildman–Crippen MR) is 127 cm³/mol. The van der Waals surface area contributed by atoms with Crippen molar-refractivity contribution < 1.29 is 13.6 Å². The molecule has 0 radical (unpaired) electrons. The van der Waals surface area contributed by atoms with Crippen molar-refractivity contribution in [2.45, 2.75) is 18.9 Å². The largest absolute Gasteiger partial charge is 0.359 e. The summed E-state index contributed by atoms with van der Waals surface area (Å²) in [7, 11) is 0. The van der Waals surface area contributed by atoms with Crippen LogP contribution in [0, 0.1) is 11.6 Å². The topological polar surface area (TPSA) is 44.4 Å². The number of hydrogen-bond acceptors (Lipinski definition) is 3. The van der Waals surface area contributed by atoms with Crippen molar-refractivity contribution in [1.29, 1.82) is 0 Å². The zero-order chi connectivity index (χ0) is 23.2. The summed E-state index contributed by atoms with van der Waals surface area (Å²) in [6.07, 6.45) is 0.512. The quantitative estimate of drug-likeness (QED) is 0.574. The van der Waals surface area contributed by atoms with Gasteiger partial charge in [0.15, 0.2) is 0 Å². The van der Waals surface area contributed by atoms with Crippen LogP contribution < -0.4 is 15.5 Å². The Kier molecular flexibility index (Phi) is 5.59. The van der Waals surface area contributed by atoms with Gasteiger partial charge in [-0.2, -0.15) is 0 Å². The van der Waals surface area contributed by atoms with Crippen molar-refractivity contribution in [3.63, 3.8) is 0 Å². The van der Waals surface area contributed by atoms with Gasteiger partial charge in [-0.1, -0.05) is 48.0 Å². The first kappa shape index (κ1) is 21.9. The van der Waals surface area contributed by atoms with E-state index in [1.54, 1.807) is 13.0 Å². The average Bonchev–Trinajstić information content (AvgIpc) is 3.16. The maximum Gasteiger partial charge on any atom is 0.252 e. The van der Waals surface area contributed by atoms with Crippen LogP contribution in [0.25, 0.3) is 11.1 Å². The van der Waals surface area contributed by atoms with Crippen LogP contribution in [0.2, 0.25) is 5.02 Å². The van der Waals surface area contributed by atoms with E-state index in [2.05, 4.69) is 27.7 Å². The minimum atomic E-state index is -0.627. The Morgan fingerprint density at radius 3 is 2.67 bits per heavy atom. The van der Waals surface area contributed by atoms with E-state index in [0.29, 0.717) is 31.7 Å². The van der Waals surface area contributed by atoms with Gasteiger partial charge in [0.2, 0.25) is 0 Å². The van der Waals surface area contributed by atoms with Gasteiger partial charge in [0.05, 0.1) is 16.1 Å². The Hall–Kier alpha value is -2.96. The van der Waals surface area contributed by atoms with Gasteiger partial charge in [-0.05, 0) is 36.2 Å². The molecule has 7 heteroatoms. The van der Waals surface area contributed by atoms with Gasteiger partial charge in [0, 0.05) is 49.4 Å². The lowest BCUT2D eigenvalue weighted by Crippen LogP contribution is -2.57. The van der Waals surface area contributed by atoms with E-state index in [9.17, 15) is 4.79 Å². The molecule has 2 aliphatic rings. The average molecular weight is 468 g/mol. The maximum atomic E-state index is 15.3. The summed E-state index contributed by atoms with van der Waals surface area (Å²) in [5.74, 6) is -1.65. The summed E-state index contributed by atoms with van der Waals surface area (Å²) in [5.41, 5.74) is 2.53. The number of fused-ring (bicyclic) bond motifs is 3. The Morgan fingerprint density at radius 1 is 1.12 bits per heavy atom. The number of anilines is 1. The Balaban J connectivity index is 1.77. The fourth-order valence-corrected chi connectivity index (χ4v) is 5.52. The predicted octanol–water partition coefficient (Wildman–Crippen LogP) is 4.90. The Labute approximate surface area is 196 Å². The lowest BCUT2D eigenvalue weighted by molar-refractivity contribution is 0.0956. The first-order chi connectivity index (χ1) is 16.0. The van der Waals surface area contributed by atoms with Gasteiger partial charge in [-0.3, -0.25) is 4.79 Å². The van der Waals surface area contributed by atoms with Gasteiger partial charge >= 0.3 is 0 Å². The molecule has 0 aliphatic carbocycles. The van der Waals surface area contributed by atoms with E-state index in [-0.39, 0.29) is 21.7 Å².